The van der Waals surface area contributed by atoms with Gasteiger partial charge >= 0.3 is 0 Å². The van der Waals surface area contributed by atoms with E-state index in [0.717, 1.165) is 15.8 Å². The van der Waals surface area contributed by atoms with Gasteiger partial charge in [0.15, 0.2) is 0 Å². The van der Waals surface area contributed by atoms with Crippen LogP contribution < -0.4 is 5.32 Å². The number of nitrogens with zero attached hydrogens (tertiary/aromatic N) is 1. The van der Waals surface area contributed by atoms with Gasteiger partial charge in [-0.1, -0.05) is 0 Å². The standard InChI is InChI=1S/C9H8N2O2S/c1-10-8-5-14-9-3-2-6(11(12)13)4-7(8)9/h2-5,10H,1H3. The lowest BCUT2D eigenvalue weighted by atomic mass is 10.2. The number of nitrogens with one attached hydrogen (secondary N) is 1. The smallest absolute Gasteiger partial charge is 0.270 e. The summed E-state index contributed by atoms with van der Waals surface area (Å²) in [5, 5.41) is 16.4. The Hall–Kier alpha value is -1.62. The number of rotatable bonds is 2. The number of benzene rings is 1. The monoisotopic (exact) mass is 208 g/mol. The molecule has 0 radical (unpaired) electrons. The van der Waals surface area contributed by atoms with Crippen molar-refractivity contribution >= 4 is 32.8 Å². The topological polar surface area (TPSA) is 55.2 Å². The number of non-ortho nitro benzene ring substituents is 1. The summed E-state index contributed by atoms with van der Waals surface area (Å²) in [5.74, 6) is 0. The summed E-state index contributed by atoms with van der Waals surface area (Å²) >= 11 is 1.57. The van der Waals surface area contributed by atoms with Crippen LogP contribution in [0.25, 0.3) is 10.1 Å². The maximum absolute atomic E-state index is 10.6. The Labute approximate surface area is 84.3 Å². The van der Waals surface area contributed by atoms with Crippen molar-refractivity contribution in [3.05, 3.63) is 33.7 Å². The van der Waals surface area contributed by atoms with E-state index in [1.807, 2.05) is 5.38 Å². The van der Waals surface area contributed by atoms with Crippen molar-refractivity contribution in [2.24, 2.45) is 0 Å². The largest absolute Gasteiger partial charge is 0.387 e. The summed E-state index contributed by atoms with van der Waals surface area (Å²) in [7, 11) is 1.81. The predicted molar refractivity (Wildman–Crippen MR) is 58.0 cm³/mol. The maximum atomic E-state index is 10.6. The lowest BCUT2D eigenvalue weighted by Crippen LogP contribution is -1.88. The molecule has 0 spiro atoms. The molecule has 1 heterocycles. The third kappa shape index (κ3) is 1.31. The van der Waals surface area contributed by atoms with Crippen molar-refractivity contribution in [3.63, 3.8) is 0 Å². The molecule has 2 aromatic rings. The molecule has 0 saturated carbocycles. The van der Waals surface area contributed by atoms with E-state index in [1.54, 1.807) is 30.5 Å². The van der Waals surface area contributed by atoms with E-state index in [1.165, 1.54) is 6.07 Å². The van der Waals surface area contributed by atoms with Crippen LogP contribution in [0.1, 0.15) is 0 Å². The van der Waals surface area contributed by atoms with Gasteiger partial charge < -0.3 is 5.32 Å². The molecular weight excluding hydrogens is 200 g/mol. The highest BCUT2D eigenvalue weighted by atomic mass is 32.1. The minimum atomic E-state index is -0.378. The van der Waals surface area contributed by atoms with Crippen LogP contribution in [-0.4, -0.2) is 12.0 Å². The highest BCUT2D eigenvalue weighted by Gasteiger charge is 2.09. The van der Waals surface area contributed by atoms with Crippen molar-refractivity contribution in [2.75, 3.05) is 12.4 Å². The first kappa shape index (κ1) is 8.96. The number of fused-ring (bicyclic) bond motifs is 1. The Morgan fingerprint density at radius 2 is 2.29 bits per heavy atom. The van der Waals surface area contributed by atoms with E-state index in [-0.39, 0.29) is 10.6 Å². The van der Waals surface area contributed by atoms with Gasteiger partial charge in [-0.15, -0.1) is 11.3 Å². The first-order valence-corrected chi connectivity index (χ1v) is 4.93. The van der Waals surface area contributed by atoms with Crippen LogP contribution in [0.3, 0.4) is 0 Å². The molecule has 0 saturated heterocycles. The van der Waals surface area contributed by atoms with Crippen molar-refractivity contribution in [1.82, 2.24) is 0 Å². The zero-order chi connectivity index (χ0) is 10.1. The third-order valence-electron chi connectivity index (χ3n) is 2.04. The Balaban J connectivity index is 2.67. The number of hydrogen-bond acceptors (Lipinski definition) is 4. The number of nitro benzene ring substituents is 1. The summed E-state index contributed by atoms with van der Waals surface area (Å²) < 4.78 is 1.06. The molecule has 0 unspecified atom stereocenters. The van der Waals surface area contributed by atoms with Crippen molar-refractivity contribution in [3.8, 4) is 0 Å². The molecule has 0 aliphatic heterocycles. The molecule has 1 aromatic carbocycles. The molecular formula is C9H8N2O2S. The second kappa shape index (κ2) is 3.26. The minimum absolute atomic E-state index is 0.132. The van der Waals surface area contributed by atoms with Gasteiger partial charge in [-0.3, -0.25) is 10.1 Å². The van der Waals surface area contributed by atoms with Gasteiger partial charge in [0.05, 0.1) is 10.6 Å². The highest BCUT2D eigenvalue weighted by molar-refractivity contribution is 7.17. The van der Waals surface area contributed by atoms with Gasteiger partial charge in [-0.05, 0) is 6.07 Å². The second-order valence-electron chi connectivity index (χ2n) is 2.84. The average Bonchev–Trinajstić information content (AvgIpc) is 2.59. The van der Waals surface area contributed by atoms with E-state index >= 15 is 0 Å². The molecule has 2 rings (SSSR count). The van der Waals surface area contributed by atoms with Gasteiger partial charge in [0.2, 0.25) is 0 Å². The SMILES string of the molecule is CNc1csc2ccc([N+](=O)[O-])cc12. The molecule has 1 aromatic heterocycles. The predicted octanol–water partition coefficient (Wildman–Crippen LogP) is 2.85. The van der Waals surface area contributed by atoms with Gasteiger partial charge in [-0.25, -0.2) is 0 Å². The van der Waals surface area contributed by atoms with Gasteiger partial charge in [0, 0.05) is 34.6 Å². The molecule has 4 nitrogen and oxygen atoms in total. The molecule has 5 heteroatoms. The van der Waals surface area contributed by atoms with E-state index in [9.17, 15) is 10.1 Å². The molecule has 1 N–H and O–H groups in total. The van der Waals surface area contributed by atoms with Gasteiger partial charge in [0.25, 0.3) is 5.69 Å². The van der Waals surface area contributed by atoms with Crippen LogP contribution in [0.2, 0.25) is 0 Å². The first-order chi connectivity index (χ1) is 6.72. The van der Waals surface area contributed by atoms with Gasteiger partial charge in [0.1, 0.15) is 0 Å². The number of thiophene rings is 1. The quantitative estimate of drug-likeness (QED) is 0.609. The zero-order valence-corrected chi connectivity index (χ0v) is 8.30. The average molecular weight is 208 g/mol. The van der Waals surface area contributed by atoms with Crippen LogP contribution in [-0.2, 0) is 0 Å². The van der Waals surface area contributed by atoms with Crippen LogP contribution in [0.4, 0.5) is 11.4 Å². The minimum Gasteiger partial charge on any atom is -0.387 e. The van der Waals surface area contributed by atoms with E-state index in [2.05, 4.69) is 5.32 Å². The normalized spacial score (nSPS) is 10.4. The zero-order valence-electron chi connectivity index (χ0n) is 7.48. The second-order valence-corrected chi connectivity index (χ2v) is 3.75. The number of nitro groups is 1. The van der Waals surface area contributed by atoms with E-state index < -0.39 is 0 Å². The van der Waals surface area contributed by atoms with Crippen LogP contribution in [0.5, 0.6) is 0 Å². The molecule has 0 fully saturated rings. The van der Waals surface area contributed by atoms with Crippen molar-refractivity contribution in [2.45, 2.75) is 0 Å². The Morgan fingerprint density at radius 3 is 2.93 bits per heavy atom. The number of hydrogen-bond donors (Lipinski definition) is 1. The summed E-state index contributed by atoms with van der Waals surface area (Å²) in [4.78, 5) is 10.2. The highest BCUT2D eigenvalue weighted by Crippen LogP contribution is 2.32. The summed E-state index contributed by atoms with van der Waals surface area (Å²) in [6.45, 7) is 0. The maximum Gasteiger partial charge on any atom is 0.270 e. The molecule has 72 valence electrons. The summed E-state index contributed by atoms with van der Waals surface area (Å²) in [6.07, 6.45) is 0. The Morgan fingerprint density at radius 1 is 1.50 bits per heavy atom. The Bertz CT molecular complexity index is 493. The fourth-order valence-corrected chi connectivity index (χ4v) is 2.26. The molecule has 0 aliphatic rings. The van der Waals surface area contributed by atoms with Crippen molar-refractivity contribution < 1.29 is 4.92 Å². The third-order valence-corrected chi connectivity index (χ3v) is 3.00. The first-order valence-electron chi connectivity index (χ1n) is 4.06. The summed E-state index contributed by atoms with van der Waals surface area (Å²) in [5.41, 5.74) is 1.07. The fourth-order valence-electron chi connectivity index (χ4n) is 1.32. The van der Waals surface area contributed by atoms with Crippen LogP contribution >= 0.6 is 11.3 Å². The van der Waals surface area contributed by atoms with E-state index in [4.69, 9.17) is 0 Å². The van der Waals surface area contributed by atoms with Crippen molar-refractivity contribution in [1.29, 1.82) is 0 Å². The van der Waals surface area contributed by atoms with Gasteiger partial charge in [-0.2, -0.15) is 0 Å². The molecule has 0 bridgehead atoms. The van der Waals surface area contributed by atoms with E-state index in [0.29, 0.717) is 0 Å². The van der Waals surface area contributed by atoms with Crippen LogP contribution in [0.15, 0.2) is 23.6 Å². The Kier molecular flexibility index (Phi) is 2.09. The molecule has 0 aliphatic carbocycles. The molecule has 0 amide bonds. The molecule has 14 heavy (non-hydrogen) atoms. The fraction of sp³-hybridized carbons (Fsp3) is 0.111. The lowest BCUT2D eigenvalue weighted by molar-refractivity contribution is -0.384. The molecule has 0 atom stereocenters. The van der Waals surface area contributed by atoms with Crippen LogP contribution in [0, 0.1) is 10.1 Å². The number of anilines is 1. The summed E-state index contributed by atoms with van der Waals surface area (Å²) in [6, 6.07) is 4.90. The lowest BCUT2D eigenvalue weighted by Gasteiger charge is -1.96.